The molecule has 3 N–H and O–H groups in total. The van der Waals surface area contributed by atoms with E-state index in [1.165, 1.54) is 27.8 Å². The largest absolute Gasteiger partial charge is 0.370 e. The molecule has 1 aliphatic heterocycles. The van der Waals surface area contributed by atoms with Crippen molar-refractivity contribution >= 4 is 5.96 Å². The number of nitrogens with one attached hydrogen (secondary N) is 1. The van der Waals surface area contributed by atoms with Crippen LogP contribution in [0.15, 0.2) is 47.5 Å². The van der Waals surface area contributed by atoms with Gasteiger partial charge in [-0.05, 0) is 43.9 Å². The van der Waals surface area contributed by atoms with E-state index in [4.69, 9.17) is 5.73 Å². The maximum atomic E-state index is 6.05. The summed E-state index contributed by atoms with van der Waals surface area (Å²) in [7, 11) is 0. The van der Waals surface area contributed by atoms with Gasteiger partial charge in [0.2, 0.25) is 0 Å². The Hall–Kier alpha value is -2.29. The maximum Gasteiger partial charge on any atom is 0.189 e. The van der Waals surface area contributed by atoms with Gasteiger partial charge in [0.15, 0.2) is 5.96 Å². The van der Waals surface area contributed by atoms with Gasteiger partial charge < -0.3 is 11.1 Å². The highest BCUT2D eigenvalue weighted by molar-refractivity contribution is 5.79. The molecule has 0 saturated heterocycles. The summed E-state index contributed by atoms with van der Waals surface area (Å²) in [5.74, 6) is 0.530. The fourth-order valence-corrected chi connectivity index (χ4v) is 3.23. The van der Waals surface area contributed by atoms with Crippen LogP contribution in [0, 0.1) is 20.8 Å². The first-order valence-electron chi connectivity index (χ1n) is 7.76. The van der Waals surface area contributed by atoms with Crippen LogP contribution in [0.3, 0.4) is 0 Å². The predicted octanol–water partition coefficient (Wildman–Crippen LogP) is 3.70. The van der Waals surface area contributed by atoms with E-state index < -0.39 is 0 Å². The molecule has 22 heavy (non-hydrogen) atoms. The van der Waals surface area contributed by atoms with Crippen LogP contribution in [-0.4, -0.2) is 5.96 Å². The van der Waals surface area contributed by atoms with E-state index in [2.05, 4.69) is 73.5 Å². The highest BCUT2D eigenvalue weighted by Crippen LogP contribution is 2.33. The molecule has 2 aromatic carbocycles. The van der Waals surface area contributed by atoms with Crippen LogP contribution in [0.2, 0.25) is 0 Å². The van der Waals surface area contributed by atoms with E-state index in [1.807, 2.05) is 0 Å². The van der Waals surface area contributed by atoms with E-state index in [0.717, 1.165) is 6.42 Å². The Bertz CT molecular complexity index is 718. The molecule has 3 heteroatoms. The van der Waals surface area contributed by atoms with Gasteiger partial charge >= 0.3 is 0 Å². The summed E-state index contributed by atoms with van der Waals surface area (Å²) in [6.45, 7) is 6.39. The summed E-state index contributed by atoms with van der Waals surface area (Å²) in [5, 5.41) is 3.34. The first kappa shape index (κ1) is 14.6. The number of hydrogen-bond donors (Lipinski definition) is 2. The van der Waals surface area contributed by atoms with Gasteiger partial charge in [0.05, 0.1) is 12.1 Å². The lowest BCUT2D eigenvalue weighted by Gasteiger charge is -2.30. The average Bonchev–Trinajstić information content (AvgIpc) is 2.46. The van der Waals surface area contributed by atoms with Crippen LogP contribution in [0.5, 0.6) is 0 Å². The highest BCUT2D eigenvalue weighted by atomic mass is 15.1. The zero-order valence-corrected chi connectivity index (χ0v) is 13.4. The Morgan fingerprint density at radius 1 is 1.05 bits per heavy atom. The Labute approximate surface area is 132 Å². The molecule has 2 unspecified atom stereocenters. The molecule has 1 heterocycles. The summed E-state index contributed by atoms with van der Waals surface area (Å²) in [4.78, 5) is 4.60. The summed E-state index contributed by atoms with van der Waals surface area (Å²) in [5.41, 5.74) is 12.4. The second-order valence-corrected chi connectivity index (χ2v) is 6.24. The van der Waals surface area contributed by atoms with Gasteiger partial charge in [0.1, 0.15) is 0 Å². The summed E-state index contributed by atoms with van der Waals surface area (Å²) in [6.07, 6.45) is 0.925. The van der Waals surface area contributed by atoms with Crippen LogP contribution >= 0.6 is 0 Å². The summed E-state index contributed by atoms with van der Waals surface area (Å²) < 4.78 is 0. The SMILES string of the molecule is Cc1cccc(C2CC(c3ccc(C)cc3C)NC(N)=N2)c1. The molecule has 1 aliphatic rings. The van der Waals surface area contributed by atoms with Crippen molar-refractivity contribution < 1.29 is 0 Å². The van der Waals surface area contributed by atoms with Gasteiger partial charge in [-0.2, -0.15) is 0 Å². The third kappa shape index (κ3) is 2.98. The molecule has 0 aromatic heterocycles. The minimum absolute atomic E-state index is 0.117. The van der Waals surface area contributed by atoms with Crippen LogP contribution in [0.4, 0.5) is 0 Å². The molecule has 0 bridgehead atoms. The lowest BCUT2D eigenvalue weighted by molar-refractivity contribution is 0.485. The first-order chi connectivity index (χ1) is 10.5. The van der Waals surface area contributed by atoms with Crippen molar-refractivity contribution in [3.8, 4) is 0 Å². The second-order valence-electron chi connectivity index (χ2n) is 6.24. The highest BCUT2D eigenvalue weighted by Gasteiger charge is 2.25. The number of nitrogens with two attached hydrogens (primary N) is 1. The van der Waals surface area contributed by atoms with Crippen LogP contribution in [0.1, 0.15) is 46.3 Å². The predicted molar refractivity (Wildman–Crippen MR) is 92.0 cm³/mol. The van der Waals surface area contributed by atoms with Gasteiger partial charge in [-0.25, -0.2) is 4.99 Å². The van der Waals surface area contributed by atoms with Crippen molar-refractivity contribution in [1.82, 2.24) is 5.32 Å². The fraction of sp³-hybridized carbons (Fsp3) is 0.316. The molecule has 2 aromatic rings. The van der Waals surface area contributed by atoms with Gasteiger partial charge in [0, 0.05) is 0 Å². The lowest BCUT2D eigenvalue weighted by atomic mass is 9.90. The number of nitrogens with zero attached hydrogens (tertiary/aromatic N) is 1. The van der Waals surface area contributed by atoms with Gasteiger partial charge in [0.25, 0.3) is 0 Å². The van der Waals surface area contributed by atoms with Crippen molar-refractivity contribution in [2.75, 3.05) is 0 Å². The molecule has 2 atom stereocenters. The van der Waals surface area contributed by atoms with Gasteiger partial charge in [-0.1, -0.05) is 53.6 Å². The van der Waals surface area contributed by atoms with E-state index in [0.29, 0.717) is 5.96 Å². The number of guanidine groups is 1. The monoisotopic (exact) mass is 293 g/mol. The summed E-state index contributed by atoms with van der Waals surface area (Å²) >= 11 is 0. The molecular weight excluding hydrogens is 270 g/mol. The fourth-order valence-electron chi connectivity index (χ4n) is 3.23. The second kappa shape index (κ2) is 5.84. The normalized spacial score (nSPS) is 21.1. The van der Waals surface area contributed by atoms with Crippen LogP contribution in [-0.2, 0) is 0 Å². The third-order valence-corrected chi connectivity index (χ3v) is 4.30. The number of aliphatic imine (C=N–C) groups is 1. The molecule has 0 aliphatic carbocycles. The van der Waals surface area contributed by atoms with Crippen LogP contribution < -0.4 is 11.1 Å². The van der Waals surface area contributed by atoms with E-state index in [-0.39, 0.29) is 12.1 Å². The molecule has 3 rings (SSSR count). The number of hydrogen-bond acceptors (Lipinski definition) is 3. The molecule has 3 nitrogen and oxygen atoms in total. The Morgan fingerprint density at radius 3 is 2.55 bits per heavy atom. The summed E-state index contributed by atoms with van der Waals surface area (Å²) in [6, 6.07) is 15.5. The Kier molecular flexibility index (Phi) is 3.88. The minimum Gasteiger partial charge on any atom is -0.370 e. The number of aryl methyl sites for hydroxylation is 3. The maximum absolute atomic E-state index is 6.05. The Balaban J connectivity index is 1.92. The molecule has 114 valence electrons. The van der Waals surface area contributed by atoms with Crippen molar-refractivity contribution in [2.45, 2.75) is 39.3 Å². The standard InChI is InChI=1S/C19H23N3/c1-12-5-4-6-15(10-12)17-11-18(22-19(20)21-17)16-8-7-13(2)9-14(16)3/h4-10,17-18H,11H2,1-3H3,(H3,20,21,22). The van der Waals surface area contributed by atoms with Gasteiger partial charge in [-0.3, -0.25) is 0 Å². The lowest BCUT2D eigenvalue weighted by Crippen LogP contribution is -2.39. The topological polar surface area (TPSA) is 50.4 Å². The molecule has 0 radical (unpaired) electrons. The zero-order chi connectivity index (χ0) is 15.7. The van der Waals surface area contributed by atoms with Crippen molar-refractivity contribution in [3.63, 3.8) is 0 Å². The third-order valence-electron chi connectivity index (χ3n) is 4.30. The molecular formula is C19H23N3. The molecule has 0 amide bonds. The van der Waals surface area contributed by atoms with Gasteiger partial charge in [-0.15, -0.1) is 0 Å². The number of rotatable bonds is 2. The smallest absolute Gasteiger partial charge is 0.189 e. The average molecular weight is 293 g/mol. The first-order valence-corrected chi connectivity index (χ1v) is 7.76. The minimum atomic E-state index is 0.117. The molecule has 0 spiro atoms. The van der Waals surface area contributed by atoms with Crippen molar-refractivity contribution in [3.05, 3.63) is 70.3 Å². The van der Waals surface area contributed by atoms with E-state index in [1.54, 1.807) is 0 Å². The van der Waals surface area contributed by atoms with Crippen LogP contribution in [0.25, 0.3) is 0 Å². The van der Waals surface area contributed by atoms with E-state index >= 15 is 0 Å². The van der Waals surface area contributed by atoms with Crippen molar-refractivity contribution in [2.24, 2.45) is 10.7 Å². The van der Waals surface area contributed by atoms with Crippen molar-refractivity contribution in [1.29, 1.82) is 0 Å². The molecule has 0 saturated carbocycles. The number of benzene rings is 2. The Morgan fingerprint density at radius 2 is 1.82 bits per heavy atom. The molecule has 0 fully saturated rings. The van der Waals surface area contributed by atoms with E-state index in [9.17, 15) is 0 Å². The zero-order valence-electron chi connectivity index (χ0n) is 13.4. The quantitative estimate of drug-likeness (QED) is 0.887.